The van der Waals surface area contributed by atoms with Crippen LogP contribution in [0.2, 0.25) is 0 Å². The molecule has 0 aromatic heterocycles. The van der Waals surface area contributed by atoms with Crippen molar-refractivity contribution >= 4 is 5.97 Å². The van der Waals surface area contributed by atoms with Gasteiger partial charge < -0.3 is 9.84 Å². The average Bonchev–Trinajstić information content (AvgIpc) is 2.14. The molecule has 0 heterocycles. The van der Waals surface area contributed by atoms with Crippen LogP contribution in [0.4, 0.5) is 0 Å². The van der Waals surface area contributed by atoms with E-state index in [2.05, 4.69) is 6.92 Å². The number of hydrogen-bond donors (Lipinski definition) is 1. The smallest absolute Gasteiger partial charge is 0.330 e. The molecule has 1 radical (unpaired) electrons. The molecule has 0 spiro atoms. The zero-order valence-corrected chi connectivity index (χ0v) is 8.95. The van der Waals surface area contributed by atoms with E-state index in [1.807, 2.05) is 0 Å². The minimum Gasteiger partial charge on any atom is -0.478 e. The predicted octanol–water partition coefficient (Wildman–Crippen LogP) is 2.28. The zero-order chi connectivity index (χ0) is 11.0. The van der Waals surface area contributed by atoms with Gasteiger partial charge in [0.1, 0.15) is 0 Å². The fraction of sp³-hybridized carbons (Fsp3) is 0.636. The van der Waals surface area contributed by atoms with Crippen LogP contribution in [0.15, 0.2) is 11.6 Å². The Labute approximate surface area is 85.8 Å². The maximum absolute atomic E-state index is 10.6. The van der Waals surface area contributed by atoms with E-state index >= 15 is 0 Å². The van der Waals surface area contributed by atoms with E-state index in [1.54, 1.807) is 20.1 Å². The van der Waals surface area contributed by atoms with Crippen LogP contribution < -0.4 is 0 Å². The van der Waals surface area contributed by atoms with Crippen LogP contribution >= 0.6 is 0 Å². The van der Waals surface area contributed by atoms with Crippen molar-refractivity contribution in [3.05, 3.63) is 18.6 Å². The summed E-state index contributed by atoms with van der Waals surface area (Å²) in [5.41, 5.74) is 0.402. The lowest BCUT2D eigenvalue weighted by Gasteiger charge is -2.11. The Hall–Kier alpha value is -0.830. The van der Waals surface area contributed by atoms with Crippen molar-refractivity contribution in [3.63, 3.8) is 0 Å². The molecule has 0 rings (SSSR count). The summed E-state index contributed by atoms with van der Waals surface area (Å²) < 4.78 is 4.96. The van der Waals surface area contributed by atoms with Gasteiger partial charge in [0.05, 0.1) is 0 Å². The lowest BCUT2D eigenvalue weighted by atomic mass is 9.97. The molecule has 0 aliphatic carbocycles. The van der Waals surface area contributed by atoms with Gasteiger partial charge in [-0.25, -0.2) is 4.79 Å². The van der Waals surface area contributed by atoms with Gasteiger partial charge in [-0.1, -0.05) is 19.4 Å². The van der Waals surface area contributed by atoms with Crippen molar-refractivity contribution in [2.75, 3.05) is 13.7 Å². The third-order valence-electron chi connectivity index (χ3n) is 2.09. The molecule has 81 valence electrons. The molecule has 0 saturated carbocycles. The van der Waals surface area contributed by atoms with Gasteiger partial charge >= 0.3 is 5.97 Å². The topological polar surface area (TPSA) is 46.5 Å². The normalized spacial score (nSPS) is 14.1. The first-order valence-corrected chi connectivity index (χ1v) is 4.81. The molecule has 0 amide bonds. The van der Waals surface area contributed by atoms with Crippen LogP contribution in [0.3, 0.4) is 0 Å². The summed E-state index contributed by atoms with van der Waals surface area (Å²) in [6.45, 7) is 6.05. The zero-order valence-electron chi connectivity index (χ0n) is 8.95. The summed E-state index contributed by atoms with van der Waals surface area (Å²) in [6, 6.07) is 0. The average molecular weight is 199 g/mol. The Balaban J connectivity index is 4.19. The molecule has 0 fully saturated rings. The molecule has 0 aromatic rings. The van der Waals surface area contributed by atoms with Crippen LogP contribution in [-0.2, 0) is 9.53 Å². The standard InChI is InChI=1S/C11H19O3/c1-4-5-10(6-7-14-3)8-9(2)11(12)13/h8,10H,1,4-7H2,2-3H3,(H,12,13). The number of aliphatic carboxylic acids is 1. The van der Waals surface area contributed by atoms with Crippen molar-refractivity contribution < 1.29 is 14.6 Å². The van der Waals surface area contributed by atoms with Gasteiger partial charge in [0.15, 0.2) is 0 Å². The summed E-state index contributed by atoms with van der Waals surface area (Å²) in [7, 11) is 1.65. The van der Waals surface area contributed by atoms with E-state index in [0.29, 0.717) is 12.2 Å². The fourth-order valence-corrected chi connectivity index (χ4v) is 1.27. The van der Waals surface area contributed by atoms with Crippen LogP contribution in [0.5, 0.6) is 0 Å². The number of carboxylic acid groups (broad SMARTS) is 1. The Bertz CT molecular complexity index is 197. The molecule has 14 heavy (non-hydrogen) atoms. The lowest BCUT2D eigenvalue weighted by molar-refractivity contribution is -0.132. The summed E-state index contributed by atoms with van der Waals surface area (Å²) in [5.74, 6) is -0.583. The molecule has 1 N–H and O–H groups in total. The van der Waals surface area contributed by atoms with Gasteiger partial charge in [-0.2, -0.15) is 0 Å². The number of carboxylic acids is 1. The predicted molar refractivity (Wildman–Crippen MR) is 56.0 cm³/mol. The molecular formula is C11H19O3. The van der Waals surface area contributed by atoms with Gasteiger partial charge in [0.2, 0.25) is 0 Å². The molecule has 0 bridgehead atoms. The van der Waals surface area contributed by atoms with Crippen molar-refractivity contribution in [2.45, 2.75) is 26.2 Å². The number of rotatable bonds is 7. The van der Waals surface area contributed by atoms with Crippen molar-refractivity contribution in [1.29, 1.82) is 0 Å². The van der Waals surface area contributed by atoms with E-state index in [9.17, 15) is 4.79 Å². The van der Waals surface area contributed by atoms with Crippen molar-refractivity contribution in [1.82, 2.24) is 0 Å². The first kappa shape index (κ1) is 13.2. The van der Waals surface area contributed by atoms with E-state index in [4.69, 9.17) is 9.84 Å². The molecule has 0 aliphatic heterocycles. The minimum atomic E-state index is -0.850. The Morgan fingerprint density at radius 2 is 2.21 bits per heavy atom. The highest BCUT2D eigenvalue weighted by Crippen LogP contribution is 2.15. The number of carbonyl (C=O) groups is 1. The van der Waals surface area contributed by atoms with Gasteiger partial charge in [-0.3, -0.25) is 0 Å². The molecule has 0 aliphatic rings. The molecule has 3 nitrogen and oxygen atoms in total. The minimum absolute atomic E-state index is 0.267. The highest BCUT2D eigenvalue weighted by molar-refractivity contribution is 5.85. The largest absolute Gasteiger partial charge is 0.478 e. The van der Waals surface area contributed by atoms with Crippen LogP contribution in [0, 0.1) is 12.8 Å². The lowest BCUT2D eigenvalue weighted by Crippen LogP contribution is -2.05. The van der Waals surface area contributed by atoms with Gasteiger partial charge in [-0.05, 0) is 25.7 Å². The molecular weight excluding hydrogens is 180 g/mol. The summed E-state index contributed by atoms with van der Waals surface area (Å²) >= 11 is 0. The third-order valence-corrected chi connectivity index (χ3v) is 2.09. The first-order valence-electron chi connectivity index (χ1n) is 4.81. The maximum Gasteiger partial charge on any atom is 0.330 e. The van der Waals surface area contributed by atoms with Crippen LogP contribution in [0.1, 0.15) is 26.2 Å². The maximum atomic E-state index is 10.6. The SMILES string of the molecule is [CH2]CCC(C=C(C)C(=O)O)CCOC. The Morgan fingerprint density at radius 1 is 1.57 bits per heavy atom. The quantitative estimate of drug-likeness (QED) is 0.640. The highest BCUT2D eigenvalue weighted by Gasteiger charge is 2.07. The fourth-order valence-electron chi connectivity index (χ4n) is 1.27. The second-order valence-corrected chi connectivity index (χ2v) is 3.34. The molecule has 0 aromatic carbocycles. The summed E-state index contributed by atoms with van der Waals surface area (Å²) in [4.78, 5) is 10.6. The number of ether oxygens (including phenoxy) is 1. The second-order valence-electron chi connectivity index (χ2n) is 3.34. The van der Waals surface area contributed by atoms with Crippen molar-refractivity contribution in [2.24, 2.45) is 5.92 Å². The Morgan fingerprint density at radius 3 is 2.64 bits per heavy atom. The van der Waals surface area contributed by atoms with E-state index < -0.39 is 5.97 Å². The monoisotopic (exact) mass is 199 g/mol. The van der Waals surface area contributed by atoms with Crippen LogP contribution in [-0.4, -0.2) is 24.8 Å². The van der Waals surface area contributed by atoms with Crippen LogP contribution in [0.25, 0.3) is 0 Å². The van der Waals surface area contributed by atoms with Crippen molar-refractivity contribution in [3.8, 4) is 0 Å². The molecule has 1 atom stereocenters. The van der Waals surface area contributed by atoms with E-state index in [-0.39, 0.29) is 5.92 Å². The van der Waals surface area contributed by atoms with E-state index in [0.717, 1.165) is 19.3 Å². The first-order chi connectivity index (χ1) is 6.61. The van der Waals surface area contributed by atoms with Gasteiger partial charge in [0.25, 0.3) is 0 Å². The molecule has 3 heteroatoms. The van der Waals surface area contributed by atoms with Gasteiger partial charge in [0, 0.05) is 19.3 Å². The Kier molecular flexibility index (Phi) is 7.11. The number of hydrogen-bond acceptors (Lipinski definition) is 2. The summed E-state index contributed by atoms with van der Waals surface area (Å²) in [5, 5.41) is 8.71. The molecule has 1 unspecified atom stereocenters. The molecule has 0 saturated heterocycles. The number of allylic oxidation sites excluding steroid dienone is 1. The number of methoxy groups -OCH3 is 1. The highest BCUT2D eigenvalue weighted by atomic mass is 16.5. The van der Waals surface area contributed by atoms with Gasteiger partial charge in [-0.15, -0.1) is 0 Å². The second kappa shape index (κ2) is 7.56. The van der Waals surface area contributed by atoms with E-state index in [1.165, 1.54) is 0 Å². The third kappa shape index (κ3) is 5.75. The summed E-state index contributed by atoms with van der Waals surface area (Å²) in [6.07, 6.45) is 4.38.